The highest BCUT2D eigenvalue weighted by Gasteiger charge is 2.26. The maximum Gasteiger partial charge on any atom is 0.172 e. The Morgan fingerprint density at radius 3 is 0.958 bits per heavy atom. The van der Waals surface area contributed by atoms with Crippen molar-refractivity contribution in [3.63, 3.8) is 0 Å². The first-order valence-corrected chi connectivity index (χ1v) is 7.25. The highest BCUT2D eigenvalue weighted by Crippen LogP contribution is 2.53. The van der Waals surface area contributed by atoms with E-state index in [1.165, 1.54) is 0 Å². The van der Waals surface area contributed by atoms with Crippen LogP contribution in [0.1, 0.15) is 0 Å². The van der Waals surface area contributed by atoms with Gasteiger partial charge in [0.15, 0.2) is 23.0 Å². The van der Waals surface area contributed by atoms with Crippen LogP contribution in [-0.4, -0.2) is 42.7 Å². The summed E-state index contributed by atoms with van der Waals surface area (Å²) in [6, 6.07) is 7.16. The van der Waals surface area contributed by atoms with Crippen molar-refractivity contribution in [2.45, 2.75) is 0 Å². The summed E-state index contributed by atoms with van der Waals surface area (Å²) in [4.78, 5) is 0. The Hall–Kier alpha value is -2.76. The number of hydrogen-bond donors (Lipinski definition) is 0. The van der Waals surface area contributed by atoms with Gasteiger partial charge in [-0.3, -0.25) is 0 Å². The maximum atomic E-state index is 5.58. The molecule has 0 amide bonds. The summed E-state index contributed by atoms with van der Waals surface area (Å²) in [5, 5.41) is 0. The molecular formula is C18H22O6. The monoisotopic (exact) mass is 334 g/mol. The fraction of sp³-hybridized carbons (Fsp3) is 0.333. The van der Waals surface area contributed by atoms with Crippen LogP contribution in [0.2, 0.25) is 0 Å². The molecule has 0 saturated heterocycles. The van der Waals surface area contributed by atoms with Crippen LogP contribution in [0.25, 0.3) is 11.1 Å². The van der Waals surface area contributed by atoms with E-state index in [1.807, 2.05) is 0 Å². The van der Waals surface area contributed by atoms with Gasteiger partial charge in [0.25, 0.3) is 0 Å². The second-order valence-electron chi connectivity index (χ2n) is 4.76. The van der Waals surface area contributed by atoms with Crippen LogP contribution >= 0.6 is 0 Å². The topological polar surface area (TPSA) is 55.4 Å². The molecule has 0 atom stereocenters. The van der Waals surface area contributed by atoms with Crippen molar-refractivity contribution in [3.8, 4) is 45.6 Å². The molecule has 6 heteroatoms. The van der Waals surface area contributed by atoms with Crippen molar-refractivity contribution >= 4 is 0 Å². The van der Waals surface area contributed by atoms with E-state index in [-0.39, 0.29) is 0 Å². The Morgan fingerprint density at radius 2 is 0.708 bits per heavy atom. The van der Waals surface area contributed by atoms with Gasteiger partial charge < -0.3 is 28.4 Å². The summed E-state index contributed by atoms with van der Waals surface area (Å²) >= 11 is 0. The maximum absolute atomic E-state index is 5.58. The van der Waals surface area contributed by atoms with Gasteiger partial charge in [0, 0.05) is 0 Å². The molecule has 24 heavy (non-hydrogen) atoms. The van der Waals surface area contributed by atoms with Crippen molar-refractivity contribution in [2.75, 3.05) is 42.7 Å². The van der Waals surface area contributed by atoms with E-state index in [0.29, 0.717) is 45.6 Å². The number of methoxy groups -OCH3 is 6. The number of benzene rings is 2. The van der Waals surface area contributed by atoms with Crippen LogP contribution in [0.4, 0.5) is 0 Å². The molecule has 0 aromatic heterocycles. The third-order valence-corrected chi connectivity index (χ3v) is 3.70. The van der Waals surface area contributed by atoms with E-state index in [4.69, 9.17) is 28.4 Å². The first-order chi connectivity index (χ1) is 11.7. The van der Waals surface area contributed by atoms with Crippen molar-refractivity contribution in [1.29, 1.82) is 0 Å². The molecule has 2 aromatic carbocycles. The molecule has 0 aliphatic rings. The largest absolute Gasteiger partial charge is 0.496 e. The number of rotatable bonds is 7. The van der Waals surface area contributed by atoms with E-state index in [0.717, 1.165) is 0 Å². The molecule has 6 nitrogen and oxygen atoms in total. The minimum absolute atomic E-state index is 0.515. The quantitative estimate of drug-likeness (QED) is 0.773. The summed E-state index contributed by atoms with van der Waals surface area (Å²) < 4.78 is 33.0. The fourth-order valence-corrected chi connectivity index (χ4v) is 2.63. The lowest BCUT2D eigenvalue weighted by atomic mass is 9.99. The molecule has 2 aromatic rings. The second kappa shape index (κ2) is 7.68. The molecule has 0 unspecified atom stereocenters. The molecule has 0 aliphatic heterocycles. The minimum atomic E-state index is 0.515. The summed E-state index contributed by atoms with van der Waals surface area (Å²) in [5.74, 6) is 3.36. The van der Waals surface area contributed by atoms with Gasteiger partial charge in [-0.25, -0.2) is 0 Å². The zero-order chi connectivity index (χ0) is 17.7. The van der Waals surface area contributed by atoms with Crippen molar-refractivity contribution < 1.29 is 28.4 Å². The Kier molecular flexibility index (Phi) is 5.63. The van der Waals surface area contributed by atoms with E-state index in [1.54, 1.807) is 66.9 Å². The molecule has 0 spiro atoms. The molecule has 0 radical (unpaired) electrons. The van der Waals surface area contributed by atoms with Crippen LogP contribution in [-0.2, 0) is 0 Å². The Morgan fingerprint density at radius 1 is 0.417 bits per heavy atom. The highest BCUT2D eigenvalue weighted by atomic mass is 16.5. The molecule has 0 N–H and O–H groups in total. The van der Waals surface area contributed by atoms with Gasteiger partial charge >= 0.3 is 0 Å². The smallest absolute Gasteiger partial charge is 0.172 e. The third kappa shape index (κ3) is 2.87. The molecule has 130 valence electrons. The normalized spacial score (nSPS) is 10.1. The third-order valence-electron chi connectivity index (χ3n) is 3.70. The lowest BCUT2D eigenvalue weighted by Crippen LogP contribution is -2.01. The van der Waals surface area contributed by atoms with Crippen LogP contribution < -0.4 is 28.4 Å². The lowest BCUT2D eigenvalue weighted by molar-refractivity contribution is 0.344. The molecule has 0 heterocycles. The average Bonchev–Trinajstić information content (AvgIpc) is 2.64. The van der Waals surface area contributed by atoms with E-state index >= 15 is 0 Å². The zero-order valence-electron chi connectivity index (χ0n) is 14.8. The summed E-state index contributed by atoms with van der Waals surface area (Å²) in [6.45, 7) is 0. The first-order valence-electron chi connectivity index (χ1n) is 7.25. The molecule has 0 fully saturated rings. The Labute approximate surface area is 141 Å². The van der Waals surface area contributed by atoms with Gasteiger partial charge in [0.1, 0.15) is 11.5 Å². The SMILES string of the molecule is COc1ccc(OC)c(-c2c(OC)ccc(OC)c2OC)c1OC. The standard InChI is InChI=1S/C18H22O6/c1-19-11-7-9-13(21-3)17(23-5)15(11)16-12(20-2)8-10-14(22-4)18(16)24-6/h7-10H,1-6H3. The van der Waals surface area contributed by atoms with Gasteiger partial charge in [-0.1, -0.05) is 0 Å². The molecule has 0 aliphatic carbocycles. The minimum Gasteiger partial charge on any atom is -0.496 e. The predicted molar refractivity (Wildman–Crippen MR) is 91.2 cm³/mol. The predicted octanol–water partition coefficient (Wildman–Crippen LogP) is 3.41. The number of hydrogen-bond acceptors (Lipinski definition) is 6. The van der Waals surface area contributed by atoms with Crippen molar-refractivity contribution in [1.82, 2.24) is 0 Å². The van der Waals surface area contributed by atoms with Crippen molar-refractivity contribution in [2.24, 2.45) is 0 Å². The summed E-state index contributed by atoms with van der Waals surface area (Å²) in [6.07, 6.45) is 0. The van der Waals surface area contributed by atoms with E-state index in [2.05, 4.69) is 0 Å². The van der Waals surface area contributed by atoms with Crippen LogP contribution in [0.5, 0.6) is 34.5 Å². The lowest BCUT2D eigenvalue weighted by Gasteiger charge is -2.21. The van der Waals surface area contributed by atoms with Gasteiger partial charge in [-0.05, 0) is 24.3 Å². The van der Waals surface area contributed by atoms with Crippen LogP contribution in [0.15, 0.2) is 24.3 Å². The first kappa shape index (κ1) is 17.6. The molecule has 2 rings (SSSR count). The van der Waals surface area contributed by atoms with Gasteiger partial charge in [-0.15, -0.1) is 0 Å². The van der Waals surface area contributed by atoms with Crippen LogP contribution in [0, 0.1) is 0 Å². The highest BCUT2D eigenvalue weighted by molar-refractivity contribution is 5.89. The van der Waals surface area contributed by atoms with Gasteiger partial charge in [0.05, 0.1) is 53.8 Å². The second-order valence-corrected chi connectivity index (χ2v) is 4.76. The van der Waals surface area contributed by atoms with Crippen LogP contribution in [0.3, 0.4) is 0 Å². The summed E-state index contributed by atoms with van der Waals surface area (Å²) in [7, 11) is 9.47. The van der Waals surface area contributed by atoms with Gasteiger partial charge in [0.2, 0.25) is 0 Å². The average molecular weight is 334 g/mol. The van der Waals surface area contributed by atoms with Crippen molar-refractivity contribution in [3.05, 3.63) is 24.3 Å². The Bertz CT molecular complexity index is 650. The zero-order valence-corrected chi connectivity index (χ0v) is 14.8. The molecule has 0 bridgehead atoms. The molecule has 0 saturated carbocycles. The fourth-order valence-electron chi connectivity index (χ4n) is 2.63. The Balaban J connectivity index is 2.94. The number of ether oxygens (including phenoxy) is 6. The summed E-state index contributed by atoms with van der Waals surface area (Å²) in [5.41, 5.74) is 1.32. The van der Waals surface area contributed by atoms with Gasteiger partial charge in [-0.2, -0.15) is 0 Å². The molecular weight excluding hydrogens is 312 g/mol. The van der Waals surface area contributed by atoms with E-state index in [9.17, 15) is 0 Å². The van der Waals surface area contributed by atoms with E-state index < -0.39 is 0 Å².